The summed E-state index contributed by atoms with van der Waals surface area (Å²) in [4.78, 5) is 30.5. The Labute approximate surface area is 396 Å². The lowest BCUT2D eigenvalue weighted by Gasteiger charge is -2.40. The van der Waals surface area contributed by atoms with E-state index in [0.717, 1.165) is 5.56 Å². The zero-order valence-electron chi connectivity index (χ0n) is 37.8. The number of nitriles is 2. The molecule has 3 fully saturated rings. The normalized spacial score (nSPS) is 16.3. The molecule has 6 heterocycles. The first-order chi connectivity index (χ1) is 32.0. The lowest BCUT2D eigenvalue weighted by molar-refractivity contribution is 0.0746. The van der Waals surface area contributed by atoms with E-state index in [0.29, 0.717) is 135 Å². The van der Waals surface area contributed by atoms with Crippen LogP contribution >= 0.6 is 23.2 Å². The summed E-state index contributed by atoms with van der Waals surface area (Å²) in [5.74, 6) is 1.44. The standard InChI is InChI=1S/C22H24ClN7O3S.C22H24ClN7O3/c1-11-18-21(25)26-10-27-22(18)30(28-11)12(2)15-6-17(23)16(7-24)19(20(15)33-3)13-8-29(9-13)34(31,32)14-4-5-14;1-5-33-22(31)29-8-13(9-29)18-15(7-24)16(23)6-14(19(18)32-4)12(3)30-21-17(11(2)28-30)20(25)26-10-27-21/h6,10,12-14H,4-5,8-9H2,1-3H3,(H2,25,26,27);6,10,12-13H,5,8-9H2,1-4H3,(H2,25,26,27). The maximum atomic E-state index is 12.6. The Bertz CT molecular complexity index is 3150. The van der Waals surface area contributed by atoms with Gasteiger partial charge in [-0.15, -0.1) is 0 Å². The average molecular weight is 972 g/mol. The van der Waals surface area contributed by atoms with Gasteiger partial charge in [0.15, 0.2) is 11.3 Å². The number of halogens is 2. The summed E-state index contributed by atoms with van der Waals surface area (Å²) in [7, 11) is -0.188. The molecule has 4 aromatic heterocycles. The van der Waals surface area contributed by atoms with Crippen molar-refractivity contribution in [2.75, 3.05) is 58.5 Å². The molecule has 2 atom stereocenters. The molecule has 2 aromatic carbocycles. The maximum Gasteiger partial charge on any atom is 0.409 e. The van der Waals surface area contributed by atoms with Crippen molar-refractivity contribution in [1.82, 2.24) is 48.7 Å². The summed E-state index contributed by atoms with van der Waals surface area (Å²) < 4.78 is 46.9. The minimum atomic E-state index is -3.28. The summed E-state index contributed by atoms with van der Waals surface area (Å²) in [5, 5.41) is 30.7. The molecule has 1 saturated carbocycles. The van der Waals surface area contributed by atoms with Crippen LogP contribution in [0.15, 0.2) is 24.8 Å². The van der Waals surface area contributed by atoms with Crippen LogP contribution in [-0.4, -0.2) is 115 Å². The van der Waals surface area contributed by atoms with Gasteiger partial charge >= 0.3 is 6.09 Å². The van der Waals surface area contributed by atoms with Crippen molar-refractivity contribution < 1.29 is 27.4 Å². The Morgan fingerprint density at radius 2 is 1.22 bits per heavy atom. The molecule has 1 amide bonds. The molecule has 6 aromatic rings. The lowest BCUT2D eigenvalue weighted by Crippen LogP contribution is -2.50. The Morgan fingerprint density at radius 1 is 0.791 bits per heavy atom. The first-order valence-corrected chi connectivity index (χ1v) is 23.7. The van der Waals surface area contributed by atoms with Crippen LogP contribution in [0, 0.1) is 36.5 Å². The molecule has 0 radical (unpaired) electrons. The van der Waals surface area contributed by atoms with Crippen LogP contribution in [0.3, 0.4) is 0 Å². The van der Waals surface area contributed by atoms with E-state index >= 15 is 0 Å². The number of sulfonamides is 1. The van der Waals surface area contributed by atoms with Gasteiger partial charge in [-0.2, -0.15) is 20.7 Å². The third kappa shape index (κ3) is 8.13. The number of nitrogens with two attached hydrogens (primary N) is 2. The topological polar surface area (TPSA) is 272 Å². The molecule has 0 spiro atoms. The van der Waals surface area contributed by atoms with E-state index in [1.807, 2.05) is 27.7 Å². The van der Waals surface area contributed by atoms with Gasteiger partial charge in [0.05, 0.1) is 81.5 Å². The van der Waals surface area contributed by atoms with Gasteiger partial charge in [0.25, 0.3) is 0 Å². The lowest BCUT2D eigenvalue weighted by atomic mass is 9.85. The van der Waals surface area contributed by atoms with Crippen molar-refractivity contribution in [3.63, 3.8) is 0 Å². The Morgan fingerprint density at radius 3 is 1.61 bits per heavy atom. The number of amides is 1. The number of anilines is 2. The van der Waals surface area contributed by atoms with Crippen LogP contribution in [-0.2, 0) is 14.8 Å². The number of hydrogen-bond acceptors (Lipinski definition) is 16. The van der Waals surface area contributed by atoms with Crippen molar-refractivity contribution in [1.29, 1.82) is 10.5 Å². The summed E-state index contributed by atoms with van der Waals surface area (Å²) >= 11 is 13.1. The quantitative estimate of drug-likeness (QED) is 0.147. The Kier molecular flexibility index (Phi) is 12.8. The molecule has 23 heteroatoms. The molecule has 9 rings (SSSR count). The maximum absolute atomic E-state index is 12.6. The Balaban J connectivity index is 0.000000182. The first-order valence-electron chi connectivity index (χ1n) is 21.4. The van der Waals surface area contributed by atoms with Crippen molar-refractivity contribution >= 4 is 73.0 Å². The number of likely N-dealkylation sites (tertiary alicyclic amines) is 1. The van der Waals surface area contributed by atoms with Crippen LogP contribution < -0.4 is 20.9 Å². The highest BCUT2D eigenvalue weighted by molar-refractivity contribution is 7.90. The summed E-state index contributed by atoms with van der Waals surface area (Å²) in [6, 6.07) is 7.11. The molecular weight excluding hydrogens is 924 g/mol. The van der Waals surface area contributed by atoms with E-state index in [4.69, 9.17) is 48.9 Å². The van der Waals surface area contributed by atoms with Crippen molar-refractivity contribution in [2.45, 2.75) is 76.6 Å². The van der Waals surface area contributed by atoms with Gasteiger partial charge < -0.3 is 30.6 Å². The number of benzene rings is 2. The number of aryl methyl sites for hydroxylation is 2. The van der Waals surface area contributed by atoms with E-state index in [2.05, 4.69) is 42.3 Å². The van der Waals surface area contributed by atoms with Crippen molar-refractivity contribution in [3.8, 4) is 23.6 Å². The smallest absolute Gasteiger partial charge is 0.409 e. The van der Waals surface area contributed by atoms with Gasteiger partial charge in [-0.25, -0.2) is 46.8 Å². The minimum Gasteiger partial charge on any atom is -0.496 e. The number of carbonyl (C=O) groups excluding carboxylic acids is 1. The molecular formula is C44H48Cl2N14O6S. The predicted molar refractivity (Wildman–Crippen MR) is 250 cm³/mol. The number of aromatic nitrogens is 8. The van der Waals surface area contributed by atoms with Gasteiger partial charge in [-0.05, 0) is 59.6 Å². The molecule has 2 unspecified atom stereocenters. The van der Waals surface area contributed by atoms with Crippen LogP contribution in [0.2, 0.25) is 10.0 Å². The first kappa shape index (κ1) is 47.0. The summed E-state index contributed by atoms with van der Waals surface area (Å²) in [6.45, 7) is 11.0. The number of fused-ring (bicyclic) bond motifs is 2. The number of rotatable bonds is 11. The molecule has 67 heavy (non-hydrogen) atoms. The fourth-order valence-corrected chi connectivity index (χ4v) is 11.5. The number of hydrogen-bond donors (Lipinski definition) is 2. The molecule has 1 aliphatic carbocycles. The average Bonchev–Trinajstić information content (AvgIpc) is 4.00. The van der Waals surface area contributed by atoms with E-state index in [-0.39, 0.29) is 40.3 Å². The zero-order valence-corrected chi connectivity index (χ0v) is 40.1. The number of methoxy groups -OCH3 is 2. The van der Waals surface area contributed by atoms with E-state index in [1.54, 1.807) is 40.4 Å². The monoisotopic (exact) mass is 970 g/mol. The van der Waals surface area contributed by atoms with Gasteiger partial charge in [0, 0.05) is 60.3 Å². The van der Waals surface area contributed by atoms with Gasteiger partial charge in [0.1, 0.15) is 47.9 Å². The van der Waals surface area contributed by atoms with E-state index < -0.39 is 10.0 Å². The highest BCUT2D eigenvalue weighted by atomic mass is 35.5. The minimum absolute atomic E-state index is 0.113. The van der Waals surface area contributed by atoms with Gasteiger partial charge in [-0.1, -0.05) is 23.2 Å². The molecule has 4 N–H and O–H groups in total. The second kappa shape index (κ2) is 18.3. The fraction of sp³-hybridized carbons (Fsp3) is 0.432. The van der Waals surface area contributed by atoms with Gasteiger partial charge in [0.2, 0.25) is 10.0 Å². The van der Waals surface area contributed by atoms with Crippen molar-refractivity contribution in [3.05, 3.63) is 79.6 Å². The predicted octanol–water partition coefficient (Wildman–Crippen LogP) is 6.17. The number of ether oxygens (including phenoxy) is 3. The van der Waals surface area contributed by atoms with Crippen LogP contribution in [0.5, 0.6) is 11.5 Å². The third-order valence-electron chi connectivity index (χ3n) is 12.6. The number of nitrogens with zero attached hydrogens (tertiary/aromatic N) is 12. The largest absolute Gasteiger partial charge is 0.496 e. The third-order valence-corrected chi connectivity index (χ3v) is 15.6. The molecule has 350 valence electrons. The fourth-order valence-electron chi connectivity index (χ4n) is 9.00. The number of nitrogen functional groups attached to an aromatic ring is 2. The zero-order chi connectivity index (χ0) is 48.2. The molecule has 2 aliphatic heterocycles. The van der Waals surface area contributed by atoms with Crippen LogP contribution in [0.4, 0.5) is 16.4 Å². The number of carbonyl (C=O) groups is 1. The molecule has 2 saturated heterocycles. The molecule has 0 bridgehead atoms. The second-order valence-electron chi connectivity index (χ2n) is 16.6. The van der Waals surface area contributed by atoms with E-state index in [1.165, 1.54) is 24.1 Å². The summed E-state index contributed by atoms with van der Waals surface area (Å²) in [6.07, 6.45) is 3.83. The van der Waals surface area contributed by atoms with Crippen molar-refractivity contribution in [2.24, 2.45) is 0 Å². The highest BCUT2D eigenvalue weighted by Gasteiger charge is 2.47. The van der Waals surface area contributed by atoms with Crippen LogP contribution in [0.1, 0.15) is 102 Å². The van der Waals surface area contributed by atoms with E-state index in [9.17, 15) is 23.7 Å². The second-order valence-corrected chi connectivity index (χ2v) is 19.7. The van der Waals surface area contributed by atoms with Gasteiger partial charge in [-0.3, -0.25) is 0 Å². The highest BCUT2D eigenvalue weighted by Crippen LogP contribution is 2.47. The Hall–Kier alpha value is -6.52. The molecule has 20 nitrogen and oxygen atoms in total. The SMILES string of the molecule is CCOC(=O)N1CC(c2c(C#N)c(Cl)cc(C(C)n3nc(C)c4c(N)ncnc43)c2OC)C1.COc1c(C(C)n2nc(C)c3c(N)ncnc32)cc(Cl)c(C#N)c1C1CN(S(=O)(=O)C2CC2)C1. The van der Waals surface area contributed by atoms with Crippen LogP contribution in [0.25, 0.3) is 22.1 Å². The molecule has 3 aliphatic rings. The summed E-state index contributed by atoms with van der Waals surface area (Å²) in [5.41, 5.74) is 18.1.